The fourth-order valence-electron chi connectivity index (χ4n) is 16.2. The Kier molecular flexibility index (Phi) is 17.8. The lowest BCUT2D eigenvalue weighted by Crippen LogP contribution is -2.72. The van der Waals surface area contributed by atoms with E-state index in [1.165, 1.54) is 6.92 Å². The number of carbonyl (C=O) groups is 3. The molecule has 0 aromatic rings. The molecule has 8 rings (SSSR count). The fourth-order valence-corrected chi connectivity index (χ4v) is 16.2. The Morgan fingerprint density at radius 1 is 0.658 bits per heavy atom. The number of aliphatic carboxylic acids is 1. The largest absolute Gasteiger partial charge is 0.479 e. The van der Waals surface area contributed by atoms with Crippen molar-refractivity contribution in [2.45, 2.75) is 224 Å². The van der Waals surface area contributed by atoms with Crippen LogP contribution in [0.15, 0.2) is 23.3 Å². The molecule has 0 bridgehead atoms. The highest BCUT2D eigenvalue weighted by atomic mass is 16.8. The van der Waals surface area contributed by atoms with Crippen LogP contribution >= 0.6 is 0 Å². The number of carbonyl (C=O) groups excluding carboxylic acids is 2. The first-order valence-electron chi connectivity index (χ1n) is 27.7. The lowest BCUT2D eigenvalue weighted by atomic mass is 9.33. The van der Waals surface area contributed by atoms with E-state index in [2.05, 4.69) is 26.8 Å². The Morgan fingerprint density at radius 3 is 1.76 bits per heavy atom. The van der Waals surface area contributed by atoms with Crippen molar-refractivity contribution in [1.82, 2.24) is 0 Å². The number of esters is 2. The number of hydrogen-bond donors (Lipinski definition) is 13. The molecule has 0 radical (unpaired) electrons. The van der Waals surface area contributed by atoms with Gasteiger partial charge in [-0.05, 0) is 92.8 Å². The summed E-state index contributed by atoms with van der Waals surface area (Å²) >= 11 is 0. The van der Waals surface area contributed by atoms with E-state index in [-0.39, 0.29) is 24.7 Å². The molecule has 3 heterocycles. The molecule has 5 aliphatic carbocycles. The predicted octanol–water partition coefficient (Wildman–Crippen LogP) is -1.32. The molecule has 450 valence electrons. The van der Waals surface area contributed by atoms with Crippen molar-refractivity contribution < 1.29 is 119 Å². The molecule has 13 N–H and O–H groups in total. The first-order valence-corrected chi connectivity index (χ1v) is 27.7. The zero-order valence-corrected chi connectivity index (χ0v) is 46.4. The minimum atomic E-state index is -2.18. The monoisotopic (exact) mass is 1130 g/mol. The third-order valence-corrected chi connectivity index (χ3v) is 21.1. The van der Waals surface area contributed by atoms with Gasteiger partial charge in [0.15, 0.2) is 25.0 Å². The van der Waals surface area contributed by atoms with E-state index in [4.69, 9.17) is 37.9 Å². The van der Waals surface area contributed by atoms with Crippen LogP contribution in [0.3, 0.4) is 0 Å². The number of aliphatic hydroxyl groups excluding tert-OH is 12. The normalized spacial score (nSPS) is 50.6. The summed E-state index contributed by atoms with van der Waals surface area (Å²) in [5.74, 6) is -3.88. The zero-order valence-electron chi connectivity index (χ0n) is 46.4. The highest BCUT2D eigenvalue weighted by Crippen LogP contribution is 2.76. The molecule has 24 heteroatoms. The second kappa shape index (κ2) is 22.6. The van der Waals surface area contributed by atoms with Crippen LogP contribution in [-0.2, 0) is 52.3 Å². The van der Waals surface area contributed by atoms with Crippen molar-refractivity contribution in [3.8, 4) is 0 Å². The first-order chi connectivity index (χ1) is 36.9. The van der Waals surface area contributed by atoms with E-state index in [0.29, 0.717) is 37.7 Å². The number of fused-ring (bicyclic) bond motifs is 7. The molecule has 79 heavy (non-hydrogen) atoms. The summed E-state index contributed by atoms with van der Waals surface area (Å²) in [4.78, 5) is 39.5. The number of carboxylic acid groups (broad SMARTS) is 1. The van der Waals surface area contributed by atoms with Gasteiger partial charge in [0.25, 0.3) is 0 Å². The number of aliphatic hydroxyl groups is 12. The Bertz CT molecular complexity index is 2290. The van der Waals surface area contributed by atoms with Crippen molar-refractivity contribution in [3.63, 3.8) is 0 Å². The Hall–Kier alpha value is -2.83. The molecule has 27 atom stereocenters. The van der Waals surface area contributed by atoms with Gasteiger partial charge in [0.1, 0.15) is 79.4 Å². The van der Waals surface area contributed by atoms with Crippen molar-refractivity contribution in [3.05, 3.63) is 23.3 Å². The van der Waals surface area contributed by atoms with Crippen molar-refractivity contribution in [2.24, 2.45) is 50.2 Å². The minimum absolute atomic E-state index is 0.0849. The van der Waals surface area contributed by atoms with Gasteiger partial charge in [-0.2, -0.15) is 0 Å². The summed E-state index contributed by atoms with van der Waals surface area (Å²) in [5, 5.41) is 143. The summed E-state index contributed by atoms with van der Waals surface area (Å²) in [7, 11) is 0. The molecule has 0 amide bonds. The molecule has 3 saturated heterocycles. The third-order valence-electron chi connectivity index (χ3n) is 21.1. The standard InChI is InChI=1S/C55H86O24/c1-10-23(2)46(71)79-43-44(72-24(3)60)55(22-59)26(17-50(43,4)5)25-11-12-30-51(6)15-14-32(52(7,21-58)29(51)13-16-53(30,8)54(25,9)18-31(55)61)75-49-41(77-48-38(67)36(65)34(63)28(20-57)74-48)39(68)40(42(78-49)45(69)70)76-47-37(66)35(64)33(62)27(19-56)73-47/h10-11,26-44,47-49,56-59,61-68H,12-22H2,1-9H3,(H,69,70)/b23-10-/t26?,27?,28?,29?,30?,31-,32+,33+,34+,35+,36+,37?,38?,39+,40-,41?,42?,43+,44+,47+,48+,49-,51+,52-,53-,54-,55+/m1/s1. The third kappa shape index (κ3) is 9.94. The van der Waals surface area contributed by atoms with Gasteiger partial charge in [-0.25, -0.2) is 9.59 Å². The summed E-state index contributed by atoms with van der Waals surface area (Å²) in [6, 6.07) is 0. The molecule has 0 spiro atoms. The zero-order chi connectivity index (χ0) is 58.4. The van der Waals surface area contributed by atoms with E-state index < -0.39 is 199 Å². The van der Waals surface area contributed by atoms with Crippen LogP contribution in [0.5, 0.6) is 0 Å². The maximum Gasteiger partial charge on any atom is 0.335 e. The van der Waals surface area contributed by atoms with Crippen LogP contribution in [0.1, 0.15) is 107 Å². The molecular weight excluding hydrogens is 1040 g/mol. The summed E-state index contributed by atoms with van der Waals surface area (Å²) < 4.78 is 48.2. The Balaban J connectivity index is 1.12. The summed E-state index contributed by atoms with van der Waals surface area (Å²) in [6.07, 6.45) is -26.5. The number of hydrogen-bond acceptors (Lipinski definition) is 23. The molecule has 24 nitrogen and oxygen atoms in total. The number of allylic oxidation sites excluding steroid dienone is 3. The number of ether oxygens (including phenoxy) is 8. The van der Waals surface area contributed by atoms with Crippen molar-refractivity contribution >= 4 is 17.9 Å². The van der Waals surface area contributed by atoms with Gasteiger partial charge in [-0.3, -0.25) is 4.79 Å². The van der Waals surface area contributed by atoms with Crippen LogP contribution < -0.4 is 0 Å². The molecular formula is C55H86O24. The van der Waals surface area contributed by atoms with Gasteiger partial charge in [0.05, 0.1) is 44.1 Å². The second-order valence-electron chi connectivity index (χ2n) is 25.5. The van der Waals surface area contributed by atoms with E-state index in [1.54, 1.807) is 19.9 Å². The number of rotatable bonds is 14. The Labute approximate surface area is 459 Å². The molecule has 8 aliphatic rings. The van der Waals surface area contributed by atoms with Crippen LogP contribution in [0.4, 0.5) is 0 Å². The SMILES string of the molecule is C/C=C(/C)C(=O)O[C@H]1[C@H](OC(C)=O)[C@@]2(CO)C(CC1(C)C)C1=CCC3[C@@]4(C)CC[C@H](O[C@@H]5OC(C(=O)O)[C@H](O[C@@H]6OC(CO)[C@H](O)[C@H](O)C6O)[C@H](O)C5O[C@@H]5OC(CO)[C@H](O)[C@H](O)C5O)[C@](C)(CO)C4CC[C@@]3(C)[C@]1(C)C[C@H]2O. The molecule has 9 unspecified atom stereocenters. The fraction of sp³-hybridized carbons (Fsp3) is 0.873. The van der Waals surface area contributed by atoms with Crippen molar-refractivity contribution in [1.29, 1.82) is 0 Å². The first kappa shape index (κ1) is 62.2. The average molecular weight is 1130 g/mol. The lowest BCUT2D eigenvalue weighted by Gasteiger charge is -2.72. The van der Waals surface area contributed by atoms with Crippen LogP contribution in [0.25, 0.3) is 0 Å². The molecule has 4 saturated carbocycles. The topological polar surface area (TPSA) is 388 Å². The molecule has 3 aliphatic heterocycles. The maximum atomic E-state index is 13.4. The molecule has 0 aromatic heterocycles. The van der Waals surface area contributed by atoms with Gasteiger partial charge in [-0.1, -0.05) is 59.3 Å². The van der Waals surface area contributed by atoms with E-state index in [9.17, 15) is 80.8 Å². The highest BCUT2D eigenvalue weighted by molar-refractivity contribution is 5.87. The molecule has 7 fully saturated rings. The smallest absolute Gasteiger partial charge is 0.335 e. The minimum Gasteiger partial charge on any atom is -0.479 e. The van der Waals surface area contributed by atoms with Gasteiger partial charge < -0.3 is 104 Å². The predicted molar refractivity (Wildman–Crippen MR) is 269 cm³/mol. The second-order valence-corrected chi connectivity index (χ2v) is 25.5. The van der Waals surface area contributed by atoms with Gasteiger partial charge in [0, 0.05) is 23.3 Å². The maximum absolute atomic E-state index is 13.4. The van der Waals surface area contributed by atoms with Crippen LogP contribution in [0, 0.1) is 50.2 Å². The average Bonchev–Trinajstić information content (AvgIpc) is 3.25. The van der Waals surface area contributed by atoms with E-state index >= 15 is 0 Å². The highest BCUT2D eigenvalue weighted by Gasteiger charge is 2.74. The summed E-state index contributed by atoms with van der Waals surface area (Å²) in [6.45, 7) is 14.1. The summed E-state index contributed by atoms with van der Waals surface area (Å²) in [5.41, 5.74) is -3.78. The van der Waals surface area contributed by atoms with Gasteiger partial charge in [-0.15, -0.1) is 0 Å². The van der Waals surface area contributed by atoms with Gasteiger partial charge >= 0.3 is 17.9 Å². The van der Waals surface area contributed by atoms with Gasteiger partial charge in [0.2, 0.25) is 0 Å². The quantitative estimate of drug-likeness (QED) is 0.0415. The Morgan fingerprint density at radius 2 is 1.24 bits per heavy atom. The van der Waals surface area contributed by atoms with Crippen LogP contribution in [0.2, 0.25) is 0 Å². The number of carboxylic acids is 1. The van der Waals surface area contributed by atoms with Crippen LogP contribution in [-0.4, -0.2) is 227 Å². The van der Waals surface area contributed by atoms with Crippen molar-refractivity contribution in [2.75, 3.05) is 26.4 Å². The van der Waals surface area contributed by atoms with E-state index in [0.717, 1.165) is 5.57 Å². The molecule has 0 aromatic carbocycles. The van der Waals surface area contributed by atoms with E-state index in [1.807, 2.05) is 20.8 Å². The lowest BCUT2D eigenvalue weighted by molar-refractivity contribution is -0.392.